The van der Waals surface area contributed by atoms with E-state index >= 15 is 0 Å². The quantitative estimate of drug-likeness (QED) is 0.476. The van der Waals surface area contributed by atoms with E-state index in [-0.39, 0.29) is 23.4 Å². The van der Waals surface area contributed by atoms with Crippen molar-refractivity contribution in [2.45, 2.75) is 12.5 Å². The van der Waals surface area contributed by atoms with E-state index in [4.69, 9.17) is 0 Å². The fraction of sp³-hybridized carbons (Fsp3) is 0.217. The Morgan fingerprint density at radius 3 is 2.55 bits per heavy atom. The van der Waals surface area contributed by atoms with Crippen molar-refractivity contribution in [2.75, 3.05) is 20.6 Å². The van der Waals surface area contributed by atoms with Crippen LogP contribution in [0, 0.1) is 0 Å². The van der Waals surface area contributed by atoms with Crippen LogP contribution >= 0.6 is 0 Å². The van der Waals surface area contributed by atoms with Gasteiger partial charge in [0.15, 0.2) is 5.69 Å². The second kappa shape index (κ2) is 7.97. The Labute approximate surface area is 189 Å². The zero-order chi connectivity index (χ0) is 23.1. The van der Waals surface area contributed by atoms with Gasteiger partial charge in [-0.25, -0.2) is 9.37 Å². The van der Waals surface area contributed by atoms with Gasteiger partial charge in [-0.05, 0) is 16.6 Å². The average Bonchev–Trinajstić information content (AvgIpc) is 3.36. The minimum atomic E-state index is -0.771. The molecule has 0 aliphatic carbocycles. The highest BCUT2D eigenvalue weighted by atomic mass is 16.3. The van der Waals surface area contributed by atoms with Crippen LogP contribution in [0.5, 0.6) is 5.88 Å². The lowest BCUT2D eigenvalue weighted by molar-refractivity contribution is -0.535. The number of nitrogens with zero attached hydrogens (tertiary/aromatic N) is 6. The van der Waals surface area contributed by atoms with Gasteiger partial charge < -0.3 is 10.1 Å². The molecule has 1 saturated heterocycles. The number of azo groups is 1. The van der Waals surface area contributed by atoms with Gasteiger partial charge in [-0.1, -0.05) is 53.6 Å². The lowest BCUT2D eigenvalue weighted by Crippen LogP contribution is -2.61. The molecule has 3 amide bonds. The van der Waals surface area contributed by atoms with E-state index in [1.54, 1.807) is 11.6 Å². The maximum absolute atomic E-state index is 13.0. The molecule has 2 aromatic carbocycles. The third-order valence-electron chi connectivity index (χ3n) is 5.89. The fourth-order valence-electron chi connectivity index (χ4n) is 4.10. The number of amidine groups is 1. The second-order valence-corrected chi connectivity index (χ2v) is 7.91. The third-order valence-corrected chi connectivity index (χ3v) is 5.89. The van der Waals surface area contributed by atoms with Crippen molar-refractivity contribution in [3.05, 3.63) is 60.2 Å². The Morgan fingerprint density at radius 2 is 1.76 bits per heavy atom. The van der Waals surface area contributed by atoms with Gasteiger partial charge in [-0.2, -0.15) is 0 Å². The number of hydrogen-bond donors (Lipinski definition) is 2. The molecule has 0 radical (unpaired) electrons. The van der Waals surface area contributed by atoms with Crippen molar-refractivity contribution in [1.29, 1.82) is 0 Å². The molecule has 0 spiro atoms. The van der Waals surface area contributed by atoms with Crippen molar-refractivity contribution in [2.24, 2.45) is 15.2 Å². The van der Waals surface area contributed by atoms with Crippen molar-refractivity contribution in [3.8, 4) is 5.88 Å². The van der Waals surface area contributed by atoms with Crippen LogP contribution < -0.4 is 0 Å². The molecule has 5 rings (SSSR count). The van der Waals surface area contributed by atoms with Crippen LogP contribution in [0.4, 0.5) is 10.5 Å². The molecule has 1 atom stereocenters. The molecule has 33 heavy (non-hydrogen) atoms. The van der Waals surface area contributed by atoms with E-state index in [9.17, 15) is 14.7 Å². The molecule has 2 N–H and O–H groups in total. The van der Waals surface area contributed by atoms with Gasteiger partial charge in [-0.15, -0.1) is 0 Å². The number of hydrogen-bond acceptors (Lipinski definition) is 6. The third kappa shape index (κ3) is 3.45. The molecule has 3 heterocycles. The predicted molar refractivity (Wildman–Crippen MR) is 122 cm³/mol. The average molecular weight is 444 g/mol. The normalized spacial score (nSPS) is 18.6. The molecule has 2 aliphatic heterocycles. The number of carbonyl (C=O) groups excluding carboxylic acids is 2. The number of para-hydroxylation sites is 1. The summed E-state index contributed by atoms with van der Waals surface area (Å²) in [6.45, 7) is 0.442. The molecule has 1 fully saturated rings. The number of aliphatic imine (C=N–C) groups is 1. The molecule has 166 valence electrons. The van der Waals surface area contributed by atoms with Crippen LogP contribution in [0.15, 0.2) is 69.8 Å². The van der Waals surface area contributed by atoms with Crippen molar-refractivity contribution < 1.29 is 19.3 Å². The summed E-state index contributed by atoms with van der Waals surface area (Å²) in [4.78, 5) is 35.3. The molecule has 0 saturated carbocycles. The van der Waals surface area contributed by atoms with Gasteiger partial charge >= 0.3 is 12.0 Å². The summed E-state index contributed by atoms with van der Waals surface area (Å²) in [6.07, 6.45) is 0.645. The zero-order valence-corrected chi connectivity index (χ0v) is 18.1. The minimum Gasteiger partial charge on any atom is -0.493 e. The Hall–Kier alpha value is -4.34. The lowest BCUT2D eigenvalue weighted by atomic mass is 10.1. The van der Waals surface area contributed by atoms with E-state index in [1.807, 2.05) is 54.6 Å². The Kier molecular flexibility index (Phi) is 4.97. The number of H-pyrrole nitrogens is 1. The van der Waals surface area contributed by atoms with Gasteiger partial charge in [0.25, 0.3) is 5.91 Å². The number of carbonyl (C=O) groups is 2. The standard InChI is InChI=1S/C23H21N7O3/c1-28-19-18(21(32)29(2)23(28)33)30(13-12-14-8-4-3-5-9-14)22(25-19)27-26-17-15-10-6-7-11-16(15)24-20(17)31/h3-11,18H,12-13H2,1-2H3,(H,24,26,31)/p+1. The number of aromatic nitrogens is 1. The predicted octanol–water partition coefficient (Wildman–Crippen LogP) is 2.87. The number of imide groups is 1. The van der Waals surface area contributed by atoms with Crippen LogP contribution in [0.2, 0.25) is 0 Å². The molecule has 10 heteroatoms. The number of urea groups is 1. The number of fused-ring (bicyclic) bond motifs is 2. The monoisotopic (exact) mass is 444 g/mol. The van der Waals surface area contributed by atoms with Gasteiger partial charge in [0.05, 0.1) is 12.1 Å². The van der Waals surface area contributed by atoms with E-state index in [0.29, 0.717) is 24.2 Å². The molecule has 2 aliphatic rings. The van der Waals surface area contributed by atoms with Crippen LogP contribution in [-0.2, 0) is 11.2 Å². The van der Waals surface area contributed by atoms with Gasteiger partial charge in [-0.3, -0.25) is 14.6 Å². The number of rotatable bonds is 4. The summed E-state index contributed by atoms with van der Waals surface area (Å²) < 4.78 is 1.75. The molecule has 1 aromatic heterocycles. The maximum atomic E-state index is 13.0. The zero-order valence-electron chi connectivity index (χ0n) is 18.1. The highest BCUT2D eigenvalue weighted by molar-refractivity contribution is 6.22. The molecule has 1 unspecified atom stereocenters. The summed E-state index contributed by atoms with van der Waals surface area (Å²) in [5.74, 6) is 0.0415. The first kappa shape index (κ1) is 20.6. The topological polar surface area (TPSA) is 117 Å². The van der Waals surface area contributed by atoms with E-state index in [2.05, 4.69) is 20.2 Å². The molecular formula is C23H22N7O3+. The summed E-state index contributed by atoms with van der Waals surface area (Å²) in [6, 6.07) is 16.0. The number of guanidine groups is 1. The van der Waals surface area contributed by atoms with Crippen molar-refractivity contribution >= 4 is 40.3 Å². The molecule has 0 bridgehead atoms. The Morgan fingerprint density at radius 1 is 1.03 bits per heavy atom. The van der Waals surface area contributed by atoms with Crippen molar-refractivity contribution in [1.82, 2.24) is 14.8 Å². The fourth-order valence-corrected chi connectivity index (χ4v) is 4.10. The van der Waals surface area contributed by atoms with Gasteiger partial charge in [0.1, 0.15) is 0 Å². The largest absolute Gasteiger partial charge is 0.493 e. The van der Waals surface area contributed by atoms with Crippen LogP contribution in [-0.4, -0.2) is 74.9 Å². The smallest absolute Gasteiger partial charge is 0.453 e. The number of benzene rings is 2. The van der Waals surface area contributed by atoms with Crippen molar-refractivity contribution in [3.63, 3.8) is 0 Å². The second-order valence-electron chi connectivity index (χ2n) is 7.91. The summed E-state index contributed by atoms with van der Waals surface area (Å²) >= 11 is 0. The lowest BCUT2D eigenvalue weighted by Gasteiger charge is -2.31. The van der Waals surface area contributed by atoms with Gasteiger partial charge in [0.2, 0.25) is 17.8 Å². The van der Waals surface area contributed by atoms with E-state index in [0.717, 1.165) is 16.0 Å². The van der Waals surface area contributed by atoms with E-state index in [1.165, 1.54) is 11.9 Å². The van der Waals surface area contributed by atoms with Crippen LogP contribution in [0.1, 0.15) is 5.56 Å². The van der Waals surface area contributed by atoms with Crippen LogP contribution in [0.25, 0.3) is 10.9 Å². The number of nitrogens with one attached hydrogen (secondary N) is 1. The van der Waals surface area contributed by atoms with Crippen LogP contribution in [0.3, 0.4) is 0 Å². The number of aromatic amines is 1. The maximum Gasteiger partial charge on any atom is 0.453 e. The molecule has 10 nitrogen and oxygen atoms in total. The minimum absolute atomic E-state index is 0.109. The van der Waals surface area contributed by atoms with E-state index < -0.39 is 12.1 Å². The Bertz CT molecular complexity index is 1360. The summed E-state index contributed by atoms with van der Waals surface area (Å²) in [7, 11) is 3.04. The molecule has 3 aromatic rings. The molecular weight excluding hydrogens is 422 g/mol. The number of likely N-dealkylation sites (N-methyl/N-ethyl adjacent to an activating group) is 2. The summed E-state index contributed by atoms with van der Waals surface area (Å²) in [5, 5.41) is 19.6. The first-order valence-corrected chi connectivity index (χ1v) is 10.5. The first-order valence-electron chi connectivity index (χ1n) is 10.5. The number of amides is 3. The first-order chi connectivity index (χ1) is 16.0. The SMILES string of the molecule is CN1C(=O)C2C(=NC(N=Nc3c(O)[nH]c4ccccc34)=[N+]2CCc2ccccc2)N(C)C1=O. The highest BCUT2D eigenvalue weighted by Crippen LogP contribution is 2.35. The summed E-state index contributed by atoms with van der Waals surface area (Å²) in [5.41, 5.74) is 2.10. The van der Waals surface area contributed by atoms with Gasteiger partial charge in [0, 0.05) is 31.0 Å². The number of aromatic hydroxyl groups is 1. The highest BCUT2D eigenvalue weighted by Gasteiger charge is 2.51. The Balaban J connectivity index is 1.55.